The van der Waals surface area contributed by atoms with Gasteiger partial charge < -0.3 is 18.0 Å². The average Bonchev–Trinajstić information content (AvgIpc) is 3.13. The Balaban J connectivity index is 1.77. The number of fused-ring (bicyclic) bond motifs is 1. The molecule has 0 aromatic heterocycles. The third kappa shape index (κ3) is 3.29. The molecule has 0 radical (unpaired) electrons. The highest BCUT2D eigenvalue weighted by molar-refractivity contribution is 6.60. The van der Waals surface area contributed by atoms with E-state index in [1.54, 1.807) is 14.2 Å². The van der Waals surface area contributed by atoms with Gasteiger partial charge >= 0.3 is 8.80 Å². The molecule has 0 bridgehead atoms. The molecular formula is C12H24O4Si. The molecule has 0 N–H and O–H groups in total. The number of epoxide rings is 1. The van der Waals surface area contributed by atoms with Gasteiger partial charge in [0.05, 0.1) is 12.2 Å². The minimum atomic E-state index is -2.38. The number of hydrogen-bond donors (Lipinski definition) is 0. The molecule has 100 valence electrons. The molecule has 5 heteroatoms. The maximum atomic E-state index is 6.01. The highest BCUT2D eigenvalue weighted by Gasteiger charge is 2.45. The Morgan fingerprint density at radius 3 is 2.53 bits per heavy atom. The second-order valence-corrected chi connectivity index (χ2v) is 8.02. The summed E-state index contributed by atoms with van der Waals surface area (Å²) in [5.74, 6) is 0.618. The fourth-order valence-electron chi connectivity index (χ4n) is 2.67. The first-order valence-electron chi connectivity index (χ1n) is 6.62. The fourth-order valence-corrected chi connectivity index (χ4v) is 4.72. The predicted octanol–water partition coefficient (Wildman–Crippen LogP) is 2.21. The Morgan fingerprint density at radius 1 is 1.18 bits per heavy atom. The standard InChI is InChI=1S/C12H24O4Si/c1-4-7-17(13-2,14-3)15-9-10-5-6-11-12(8-10)16-11/h10-12H,4-9H2,1-3H3. The van der Waals surface area contributed by atoms with Gasteiger partial charge in [0.15, 0.2) is 0 Å². The van der Waals surface area contributed by atoms with E-state index in [1.807, 2.05) is 0 Å². The van der Waals surface area contributed by atoms with Crippen LogP contribution in [0.3, 0.4) is 0 Å². The summed E-state index contributed by atoms with van der Waals surface area (Å²) >= 11 is 0. The van der Waals surface area contributed by atoms with E-state index in [0.29, 0.717) is 18.1 Å². The Bertz CT molecular complexity index is 245. The van der Waals surface area contributed by atoms with E-state index in [1.165, 1.54) is 12.8 Å². The van der Waals surface area contributed by atoms with Gasteiger partial charge in [0.25, 0.3) is 0 Å². The van der Waals surface area contributed by atoms with Gasteiger partial charge in [-0.05, 0) is 25.2 Å². The van der Waals surface area contributed by atoms with Crippen molar-refractivity contribution >= 4 is 8.80 Å². The largest absolute Gasteiger partial charge is 0.500 e. The molecule has 0 aromatic carbocycles. The summed E-state index contributed by atoms with van der Waals surface area (Å²) in [7, 11) is 1.02. The highest BCUT2D eigenvalue weighted by atomic mass is 28.4. The zero-order valence-corrected chi connectivity index (χ0v) is 12.1. The van der Waals surface area contributed by atoms with Crippen LogP contribution in [0, 0.1) is 5.92 Å². The Kier molecular flexibility index (Phi) is 4.60. The second kappa shape index (κ2) is 5.80. The lowest BCUT2D eigenvalue weighted by molar-refractivity contribution is 0.0757. The van der Waals surface area contributed by atoms with Crippen LogP contribution >= 0.6 is 0 Å². The number of ether oxygens (including phenoxy) is 1. The molecule has 3 atom stereocenters. The van der Waals surface area contributed by atoms with E-state index in [0.717, 1.165) is 25.5 Å². The smallest absolute Gasteiger partial charge is 0.377 e. The van der Waals surface area contributed by atoms with E-state index in [4.69, 9.17) is 18.0 Å². The van der Waals surface area contributed by atoms with Gasteiger partial charge in [-0.2, -0.15) is 0 Å². The molecule has 1 heterocycles. The topological polar surface area (TPSA) is 40.2 Å². The van der Waals surface area contributed by atoms with Crippen molar-refractivity contribution in [2.75, 3.05) is 20.8 Å². The quantitative estimate of drug-likeness (QED) is 0.520. The van der Waals surface area contributed by atoms with E-state index >= 15 is 0 Å². The zero-order valence-electron chi connectivity index (χ0n) is 11.1. The second-order valence-electron chi connectivity index (χ2n) is 5.04. The minimum Gasteiger partial charge on any atom is -0.377 e. The monoisotopic (exact) mass is 260 g/mol. The molecular weight excluding hydrogens is 236 g/mol. The summed E-state index contributed by atoms with van der Waals surface area (Å²) < 4.78 is 22.6. The van der Waals surface area contributed by atoms with Crippen LogP contribution in [0.1, 0.15) is 32.6 Å². The summed E-state index contributed by atoms with van der Waals surface area (Å²) in [6.07, 6.45) is 5.67. The molecule has 0 aromatic rings. The lowest BCUT2D eigenvalue weighted by atomic mass is 9.90. The molecule has 1 saturated heterocycles. The maximum Gasteiger partial charge on any atom is 0.500 e. The van der Waals surface area contributed by atoms with E-state index in [9.17, 15) is 0 Å². The SMILES string of the molecule is CCC[Si](OC)(OC)OCC1CCC2OC2C1. The third-order valence-corrected chi connectivity index (χ3v) is 6.79. The molecule has 0 amide bonds. The van der Waals surface area contributed by atoms with Crippen LogP contribution in [0.15, 0.2) is 0 Å². The first kappa shape index (κ1) is 13.5. The lowest BCUT2D eigenvalue weighted by Gasteiger charge is -2.29. The van der Waals surface area contributed by atoms with E-state index in [2.05, 4.69) is 6.92 Å². The van der Waals surface area contributed by atoms with Crippen molar-refractivity contribution in [2.24, 2.45) is 5.92 Å². The van der Waals surface area contributed by atoms with E-state index in [-0.39, 0.29) is 0 Å². The van der Waals surface area contributed by atoms with Crippen LogP contribution < -0.4 is 0 Å². The summed E-state index contributed by atoms with van der Waals surface area (Å²) in [6.45, 7) is 2.90. The Morgan fingerprint density at radius 2 is 1.94 bits per heavy atom. The number of rotatable bonds is 7. The summed E-state index contributed by atoms with van der Waals surface area (Å²) in [5, 5.41) is 0. The van der Waals surface area contributed by atoms with Crippen molar-refractivity contribution in [3.63, 3.8) is 0 Å². The lowest BCUT2D eigenvalue weighted by Crippen LogP contribution is -2.45. The third-order valence-electron chi connectivity index (χ3n) is 3.83. The average molecular weight is 260 g/mol. The number of hydrogen-bond acceptors (Lipinski definition) is 4. The van der Waals surface area contributed by atoms with Gasteiger partial charge in [0.1, 0.15) is 0 Å². The van der Waals surface area contributed by atoms with Gasteiger partial charge in [-0.1, -0.05) is 13.3 Å². The van der Waals surface area contributed by atoms with Crippen LogP contribution in [-0.4, -0.2) is 41.8 Å². The van der Waals surface area contributed by atoms with Gasteiger partial charge in [-0.3, -0.25) is 0 Å². The Hall–Kier alpha value is 0.0569. The van der Waals surface area contributed by atoms with E-state index < -0.39 is 8.80 Å². The van der Waals surface area contributed by atoms with Crippen LogP contribution in [0.5, 0.6) is 0 Å². The van der Waals surface area contributed by atoms with Crippen molar-refractivity contribution in [1.82, 2.24) is 0 Å². The van der Waals surface area contributed by atoms with Gasteiger partial charge in [-0.25, -0.2) is 0 Å². The highest BCUT2D eigenvalue weighted by Crippen LogP contribution is 2.39. The van der Waals surface area contributed by atoms with Gasteiger partial charge in [-0.15, -0.1) is 0 Å². The summed E-state index contributed by atoms with van der Waals surface area (Å²) in [5.41, 5.74) is 0. The Labute approximate surface area is 105 Å². The summed E-state index contributed by atoms with van der Waals surface area (Å²) in [4.78, 5) is 0. The van der Waals surface area contributed by atoms with Crippen molar-refractivity contribution in [2.45, 2.75) is 50.9 Å². The normalized spacial score (nSPS) is 32.3. The summed E-state index contributed by atoms with van der Waals surface area (Å²) in [6, 6.07) is 0.898. The van der Waals surface area contributed by atoms with Crippen LogP contribution in [0.2, 0.25) is 6.04 Å². The van der Waals surface area contributed by atoms with Crippen molar-refractivity contribution in [3.05, 3.63) is 0 Å². The maximum absolute atomic E-state index is 6.01. The zero-order chi connectivity index (χ0) is 12.3. The van der Waals surface area contributed by atoms with Crippen molar-refractivity contribution in [3.8, 4) is 0 Å². The van der Waals surface area contributed by atoms with Crippen LogP contribution in [0.25, 0.3) is 0 Å². The molecule has 3 unspecified atom stereocenters. The molecule has 4 nitrogen and oxygen atoms in total. The minimum absolute atomic E-state index is 0.518. The molecule has 0 spiro atoms. The predicted molar refractivity (Wildman–Crippen MR) is 66.8 cm³/mol. The molecule has 1 saturated carbocycles. The van der Waals surface area contributed by atoms with Crippen LogP contribution in [-0.2, 0) is 18.0 Å². The molecule has 2 fully saturated rings. The first-order chi connectivity index (χ1) is 8.23. The molecule has 1 aliphatic carbocycles. The molecule has 1 aliphatic heterocycles. The van der Waals surface area contributed by atoms with Gasteiger partial charge in [0, 0.05) is 26.9 Å². The fraction of sp³-hybridized carbons (Fsp3) is 1.00. The molecule has 17 heavy (non-hydrogen) atoms. The van der Waals surface area contributed by atoms with Crippen molar-refractivity contribution < 1.29 is 18.0 Å². The van der Waals surface area contributed by atoms with Crippen molar-refractivity contribution in [1.29, 1.82) is 0 Å². The molecule has 2 rings (SSSR count). The molecule has 2 aliphatic rings. The first-order valence-corrected chi connectivity index (χ1v) is 8.56. The van der Waals surface area contributed by atoms with Crippen LogP contribution in [0.4, 0.5) is 0 Å². The van der Waals surface area contributed by atoms with Gasteiger partial charge in [0.2, 0.25) is 0 Å².